The summed E-state index contributed by atoms with van der Waals surface area (Å²) >= 11 is 0. The Morgan fingerprint density at radius 2 is 1.85 bits per heavy atom. The van der Waals surface area contributed by atoms with E-state index in [2.05, 4.69) is 35.9 Å². The molecule has 2 unspecified atom stereocenters. The summed E-state index contributed by atoms with van der Waals surface area (Å²) in [5.41, 5.74) is -0.607. The van der Waals surface area contributed by atoms with Gasteiger partial charge in [-0.15, -0.1) is 0 Å². The van der Waals surface area contributed by atoms with Crippen LogP contribution in [0.5, 0.6) is 0 Å². The third kappa shape index (κ3) is 5.28. The molecule has 10 nitrogen and oxygen atoms in total. The summed E-state index contributed by atoms with van der Waals surface area (Å²) in [6, 6.07) is 3.07. The number of aromatic nitrogens is 6. The molecule has 2 saturated heterocycles. The van der Waals surface area contributed by atoms with E-state index in [0.717, 1.165) is 67.4 Å². The van der Waals surface area contributed by atoms with Gasteiger partial charge < -0.3 is 15.5 Å². The molecule has 6 rings (SSSR count). The molecule has 40 heavy (non-hydrogen) atoms. The van der Waals surface area contributed by atoms with Crippen LogP contribution in [0.3, 0.4) is 0 Å². The van der Waals surface area contributed by atoms with Crippen molar-refractivity contribution >= 4 is 17.5 Å². The molecule has 3 aromatic rings. The number of piperidine rings is 2. The molecule has 2 aromatic heterocycles. The number of hydrogen-bond acceptors (Lipinski definition) is 8. The second kappa shape index (κ2) is 10.5. The number of halogens is 4. The standard InChI is InChI=1S/C26H31F4N9O/c1-37-25(40)39(36-35-37)22-12-20(19(27)11-17(22)15-7-8-15)33-24-32-14-18(26(28,29)30)23(34-24)31-13-16-5-4-10-38-9-3-2-6-21(16)38/h11-12,14-16,21H,2-10,13H2,1H3,(H2,31,32,33,34). The van der Waals surface area contributed by atoms with E-state index in [1.54, 1.807) is 0 Å². The molecule has 0 spiro atoms. The molecule has 1 saturated carbocycles. The van der Waals surface area contributed by atoms with Crippen LogP contribution in [0.25, 0.3) is 5.69 Å². The number of nitrogens with one attached hydrogen (secondary N) is 2. The second-order valence-electron chi connectivity index (χ2n) is 10.9. The minimum Gasteiger partial charge on any atom is -0.369 e. The summed E-state index contributed by atoms with van der Waals surface area (Å²) in [4.78, 5) is 22.9. The van der Waals surface area contributed by atoms with Crippen LogP contribution >= 0.6 is 0 Å². The lowest BCUT2D eigenvalue weighted by Gasteiger charge is -2.44. The van der Waals surface area contributed by atoms with E-state index in [9.17, 15) is 18.0 Å². The van der Waals surface area contributed by atoms with Crippen molar-refractivity contribution in [3.63, 3.8) is 0 Å². The lowest BCUT2D eigenvalue weighted by molar-refractivity contribution is -0.137. The van der Waals surface area contributed by atoms with Gasteiger partial charge >= 0.3 is 11.9 Å². The zero-order valence-corrected chi connectivity index (χ0v) is 22.1. The van der Waals surface area contributed by atoms with Crippen molar-refractivity contribution in [1.82, 2.24) is 34.7 Å². The Hall–Kier alpha value is -3.55. The van der Waals surface area contributed by atoms with Gasteiger partial charge in [-0.05, 0) is 91.6 Å². The maximum absolute atomic E-state index is 15.2. The number of rotatable bonds is 7. The molecule has 3 fully saturated rings. The maximum Gasteiger partial charge on any atom is 0.421 e. The summed E-state index contributed by atoms with van der Waals surface area (Å²) in [7, 11) is 1.45. The van der Waals surface area contributed by atoms with E-state index in [1.165, 1.54) is 19.2 Å². The molecular formula is C26H31F4N9O. The van der Waals surface area contributed by atoms with Gasteiger partial charge in [-0.1, -0.05) is 6.42 Å². The molecule has 2 aliphatic heterocycles. The van der Waals surface area contributed by atoms with Crippen molar-refractivity contribution in [2.24, 2.45) is 13.0 Å². The Labute approximate surface area is 227 Å². The summed E-state index contributed by atoms with van der Waals surface area (Å²) in [5, 5.41) is 13.3. The van der Waals surface area contributed by atoms with Gasteiger partial charge in [-0.3, -0.25) is 0 Å². The number of alkyl halides is 3. The first-order valence-electron chi connectivity index (χ1n) is 13.7. The molecular weight excluding hydrogens is 530 g/mol. The fraction of sp³-hybridized carbons (Fsp3) is 0.577. The summed E-state index contributed by atoms with van der Waals surface area (Å²) in [6.45, 7) is 2.42. The largest absolute Gasteiger partial charge is 0.421 e. The summed E-state index contributed by atoms with van der Waals surface area (Å²) in [6.07, 6.45) is 3.02. The lowest BCUT2D eigenvalue weighted by Crippen LogP contribution is -2.49. The molecule has 4 heterocycles. The SMILES string of the molecule is Cn1nnn(-c2cc(Nc3ncc(C(F)(F)F)c(NCC4CCCN5CCCCC45)n3)c(F)cc2C2CC2)c1=O. The van der Waals surface area contributed by atoms with Crippen molar-refractivity contribution < 1.29 is 17.6 Å². The van der Waals surface area contributed by atoms with Crippen LogP contribution in [0.2, 0.25) is 0 Å². The predicted molar refractivity (Wildman–Crippen MR) is 139 cm³/mol. The van der Waals surface area contributed by atoms with E-state index in [-0.39, 0.29) is 29.3 Å². The molecule has 14 heteroatoms. The number of anilines is 3. The fourth-order valence-electron chi connectivity index (χ4n) is 5.99. The number of benzene rings is 1. The molecule has 3 aliphatic rings. The minimum absolute atomic E-state index is 0.0884. The van der Waals surface area contributed by atoms with Crippen LogP contribution < -0.4 is 16.3 Å². The Bertz CT molecular complexity index is 1450. The van der Waals surface area contributed by atoms with Crippen LogP contribution in [-0.4, -0.2) is 60.3 Å². The Balaban J connectivity index is 1.29. The zero-order chi connectivity index (χ0) is 28.0. The van der Waals surface area contributed by atoms with E-state index in [1.807, 2.05) is 0 Å². The molecule has 2 N–H and O–H groups in total. The van der Waals surface area contributed by atoms with Gasteiger partial charge in [-0.2, -0.15) is 27.5 Å². The second-order valence-corrected chi connectivity index (χ2v) is 10.9. The van der Waals surface area contributed by atoms with Crippen LogP contribution in [0.15, 0.2) is 23.1 Å². The fourth-order valence-corrected chi connectivity index (χ4v) is 5.99. The monoisotopic (exact) mass is 561 g/mol. The van der Waals surface area contributed by atoms with Crippen molar-refractivity contribution in [3.05, 3.63) is 45.8 Å². The van der Waals surface area contributed by atoms with Crippen LogP contribution in [0.1, 0.15) is 62.0 Å². The lowest BCUT2D eigenvalue weighted by atomic mass is 9.83. The van der Waals surface area contributed by atoms with Gasteiger partial charge in [0.15, 0.2) is 0 Å². The molecule has 214 valence electrons. The van der Waals surface area contributed by atoms with Gasteiger partial charge in [0.1, 0.15) is 17.2 Å². The first kappa shape index (κ1) is 26.7. The van der Waals surface area contributed by atoms with E-state index in [0.29, 0.717) is 30.0 Å². The van der Waals surface area contributed by atoms with E-state index < -0.39 is 23.2 Å². The Morgan fingerprint density at radius 3 is 2.58 bits per heavy atom. The highest BCUT2D eigenvalue weighted by Crippen LogP contribution is 2.44. The Morgan fingerprint density at radius 1 is 1.05 bits per heavy atom. The topological polar surface area (TPSA) is 106 Å². The van der Waals surface area contributed by atoms with Crippen molar-refractivity contribution in [1.29, 1.82) is 0 Å². The van der Waals surface area contributed by atoms with E-state index >= 15 is 4.39 Å². The predicted octanol–water partition coefficient (Wildman–Crippen LogP) is 4.21. The molecule has 0 radical (unpaired) electrons. The molecule has 0 bridgehead atoms. The molecule has 0 amide bonds. The van der Waals surface area contributed by atoms with Crippen molar-refractivity contribution in [3.8, 4) is 5.69 Å². The highest BCUT2D eigenvalue weighted by atomic mass is 19.4. The highest BCUT2D eigenvalue weighted by Gasteiger charge is 2.37. The van der Waals surface area contributed by atoms with Crippen LogP contribution in [0.4, 0.5) is 35.0 Å². The van der Waals surface area contributed by atoms with Gasteiger partial charge in [0.2, 0.25) is 5.95 Å². The van der Waals surface area contributed by atoms with Gasteiger partial charge in [0.25, 0.3) is 0 Å². The van der Waals surface area contributed by atoms with E-state index in [4.69, 9.17) is 0 Å². The number of aryl methyl sites for hydroxylation is 1. The van der Waals surface area contributed by atoms with Gasteiger partial charge in [0.05, 0.1) is 11.4 Å². The normalized spacial score (nSPS) is 21.7. The third-order valence-electron chi connectivity index (χ3n) is 8.18. The molecule has 1 aromatic carbocycles. The number of tetrazole rings is 1. The smallest absolute Gasteiger partial charge is 0.369 e. The Kier molecular flexibility index (Phi) is 6.97. The molecule has 2 atom stereocenters. The first-order chi connectivity index (χ1) is 19.2. The number of fused-ring (bicyclic) bond motifs is 1. The quantitative estimate of drug-likeness (QED) is 0.414. The number of nitrogens with zero attached hydrogens (tertiary/aromatic N) is 7. The third-order valence-corrected chi connectivity index (χ3v) is 8.18. The van der Waals surface area contributed by atoms with Crippen LogP contribution in [0, 0.1) is 11.7 Å². The average Bonchev–Trinajstić information content (AvgIpc) is 3.73. The van der Waals surface area contributed by atoms with Gasteiger partial charge in [-0.25, -0.2) is 14.2 Å². The van der Waals surface area contributed by atoms with Crippen molar-refractivity contribution in [2.45, 2.75) is 63.1 Å². The highest BCUT2D eigenvalue weighted by molar-refractivity contribution is 5.63. The minimum atomic E-state index is -4.66. The maximum atomic E-state index is 15.2. The van der Waals surface area contributed by atoms with Gasteiger partial charge in [0, 0.05) is 25.8 Å². The van der Waals surface area contributed by atoms with Crippen LogP contribution in [-0.2, 0) is 13.2 Å². The first-order valence-corrected chi connectivity index (χ1v) is 13.7. The molecule has 1 aliphatic carbocycles. The summed E-state index contributed by atoms with van der Waals surface area (Å²) in [5.74, 6) is -0.889. The zero-order valence-electron chi connectivity index (χ0n) is 22.1. The van der Waals surface area contributed by atoms with Crippen molar-refractivity contribution in [2.75, 3.05) is 30.3 Å². The number of hydrogen-bond donors (Lipinski definition) is 2. The summed E-state index contributed by atoms with van der Waals surface area (Å²) < 4.78 is 58.9. The average molecular weight is 562 g/mol.